The average Bonchev–Trinajstić information content (AvgIpc) is 3.59. The van der Waals surface area contributed by atoms with Crippen LogP contribution in [0.3, 0.4) is 0 Å². The van der Waals surface area contributed by atoms with Gasteiger partial charge in [-0.1, -0.05) is 60.7 Å². The predicted octanol–water partition coefficient (Wildman–Crippen LogP) is 7.17. The third-order valence-corrected chi connectivity index (χ3v) is 8.11. The number of aromatic nitrogens is 2. The lowest BCUT2D eigenvalue weighted by molar-refractivity contribution is 0.820. The van der Waals surface area contributed by atoms with E-state index < -0.39 is 0 Å². The number of para-hydroxylation sites is 3. The molecule has 1 atom stereocenters. The lowest BCUT2D eigenvalue weighted by Gasteiger charge is -2.34. The van der Waals surface area contributed by atoms with Crippen LogP contribution in [0, 0.1) is 13.8 Å². The van der Waals surface area contributed by atoms with E-state index in [-0.39, 0.29) is 6.04 Å². The van der Waals surface area contributed by atoms with E-state index >= 15 is 0 Å². The Bertz CT molecular complexity index is 1600. The van der Waals surface area contributed by atoms with E-state index in [1.54, 1.807) is 0 Å². The van der Waals surface area contributed by atoms with Gasteiger partial charge in [-0.2, -0.15) is 10.1 Å². The van der Waals surface area contributed by atoms with E-state index in [0.717, 1.165) is 29.7 Å². The second-order valence-corrected chi connectivity index (χ2v) is 10.2. The molecule has 2 aromatic heterocycles. The second-order valence-electron chi connectivity index (χ2n) is 9.28. The molecule has 0 bridgehead atoms. The summed E-state index contributed by atoms with van der Waals surface area (Å²) in [7, 11) is 0. The molecule has 0 N–H and O–H groups in total. The van der Waals surface area contributed by atoms with Crippen molar-refractivity contribution in [2.75, 3.05) is 9.80 Å². The van der Waals surface area contributed by atoms with Crippen molar-refractivity contribution in [3.8, 4) is 5.69 Å². The molecule has 0 amide bonds. The van der Waals surface area contributed by atoms with Gasteiger partial charge in [-0.3, -0.25) is 4.90 Å². The molecule has 0 aliphatic carbocycles. The molecule has 7 rings (SSSR count). The molecule has 6 heteroatoms. The van der Waals surface area contributed by atoms with E-state index in [1.807, 2.05) is 22.1 Å². The molecule has 3 aromatic carbocycles. The van der Waals surface area contributed by atoms with Crippen molar-refractivity contribution in [1.29, 1.82) is 0 Å². The van der Waals surface area contributed by atoms with Gasteiger partial charge < -0.3 is 4.90 Å². The molecule has 0 spiro atoms. The molecular weight excluding hydrogens is 462 g/mol. The van der Waals surface area contributed by atoms with Crippen LogP contribution in [-0.2, 0) is 6.54 Å². The Morgan fingerprint density at radius 3 is 2.22 bits per heavy atom. The monoisotopic (exact) mass is 487 g/mol. The van der Waals surface area contributed by atoms with Gasteiger partial charge in [0, 0.05) is 10.4 Å². The maximum atomic E-state index is 5.36. The van der Waals surface area contributed by atoms with Crippen molar-refractivity contribution in [3.63, 3.8) is 0 Å². The molecule has 0 fully saturated rings. The van der Waals surface area contributed by atoms with Crippen LogP contribution < -0.4 is 9.80 Å². The number of rotatable bonds is 4. The molecule has 176 valence electrons. The SMILES string of the molecule is Cc1ccsc1[C@H]1c2c(C)nn(-c3ccccc3)c2N=C2N(Cc3ccccc3)c3ccccc3N21. The highest BCUT2D eigenvalue weighted by atomic mass is 32.1. The summed E-state index contributed by atoms with van der Waals surface area (Å²) >= 11 is 1.81. The number of hydrogen-bond donors (Lipinski definition) is 0. The number of guanidine groups is 1. The normalized spacial score (nSPS) is 15.9. The van der Waals surface area contributed by atoms with Crippen LogP contribution in [0.5, 0.6) is 0 Å². The number of thiophene rings is 1. The summed E-state index contributed by atoms with van der Waals surface area (Å²) in [5, 5.41) is 7.20. The Hall–Kier alpha value is -4.16. The van der Waals surface area contributed by atoms with E-state index in [4.69, 9.17) is 10.1 Å². The Morgan fingerprint density at radius 2 is 1.50 bits per heavy atom. The largest absolute Gasteiger partial charge is 0.305 e. The van der Waals surface area contributed by atoms with Crippen LogP contribution in [0.15, 0.2) is 101 Å². The summed E-state index contributed by atoms with van der Waals surface area (Å²) in [6.07, 6.45) is 0. The summed E-state index contributed by atoms with van der Waals surface area (Å²) < 4.78 is 2.01. The van der Waals surface area contributed by atoms with Crippen LogP contribution in [0.2, 0.25) is 0 Å². The Morgan fingerprint density at radius 1 is 0.806 bits per heavy atom. The minimum absolute atomic E-state index is 0.00638. The summed E-state index contributed by atoms with van der Waals surface area (Å²) in [6.45, 7) is 5.06. The minimum Gasteiger partial charge on any atom is -0.305 e. The number of hydrogen-bond acceptors (Lipinski definition) is 5. The van der Waals surface area contributed by atoms with E-state index in [0.29, 0.717) is 0 Å². The summed E-state index contributed by atoms with van der Waals surface area (Å²) in [5.41, 5.74) is 8.11. The third-order valence-electron chi connectivity index (χ3n) is 7.04. The third kappa shape index (κ3) is 3.14. The minimum atomic E-state index is 0.00638. The molecule has 36 heavy (non-hydrogen) atoms. The Balaban J connectivity index is 1.49. The molecule has 0 radical (unpaired) electrons. The van der Waals surface area contributed by atoms with Crippen molar-refractivity contribution < 1.29 is 0 Å². The lowest BCUT2D eigenvalue weighted by atomic mass is 9.99. The predicted molar refractivity (Wildman–Crippen MR) is 148 cm³/mol. The zero-order valence-corrected chi connectivity index (χ0v) is 21.0. The van der Waals surface area contributed by atoms with Crippen molar-refractivity contribution in [1.82, 2.24) is 9.78 Å². The van der Waals surface area contributed by atoms with Gasteiger partial charge in [-0.15, -0.1) is 11.3 Å². The number of fused-ring (bicyclic) bond motifs is 4. The molecule has 0 unspecified atom stereocenters. The molecular formula is C30H25N5S. The van der Waals surface area contributed by atoms with Gasteiger partial charge in [-0.25, -0.2) is 4.68 Å². The highest BCUT2D eigenvalue weighted by Gasteiger charge is 2.45. The van der Waals surface area contributed by atoms with Crippen LogP contribution in [0.4, 0.5) is 17.2 Å². The second kappa shape index (κ2) is 8.21. The fourth-order valence-corrected chi connectivity index (χ4v) is 6.40. The fraction of sp³-hybridized carbons (Fsp3) is 0.133. The van der Waals surface area contributed by atoms with Crippen LogP contribution in [0.25, 0.3) is 5.69 Å². The first-order valence-corrected chi connectivity index (χ1v) is 13.1. The van der Waals surface area contributed by atoms with Crippen LogP contribution >= 0.6 is 11.3 Å². The average molecular weight is 488 g/mol. The smallest absolute Gasteiger partial charge is 0.213 e. The number of anilines is 2. The first-order chi connectivity index (χ1) is 17.7. The van der Waals surface area contributed by atoms with Crippen molar-refractivity contribution in [3.05, 3.63) is 124 Å². The van der Waals surface area contributed by atoms with Crippen LogP contribution in [0.1, 0.15) is 33.3 Å². The number of aliphatic imine (C=N–C) groups is 1. The van der Waals surface area contributed by atoms with Gasteiger partial charge in [0.05, 0.1) is 29.3 Å². The lowest BCUT2D eigenvalue weighted by Crippen LogP contribution is -2.42. The fourth-order valence-electron chi connectivity index (χ4n) is 5.37. The van der Waals surface area contributed by atoms with Crippen molar-refractivity contribution in [2.45, 2.75) is 26.4 Å². The summed E-state index contributed by atoms with van der Waals surface area (Å²) in [6, 6.07) is 31.8. The standard InChI is InChI=1S/C30H25N5S/c1-20-17-18-36-28(20)27-26-21(2)32-35(23-13-7-4-8-14-23)29(26)31-30-33(19-22-11-5-3-6-12-22)24-15-9-10-16-25(24)34(27)30/h3-18,27H,19H2,1-2H3/t27-/m1/s1. The zero-order chi connectivity index (χ0) is 24.2. The van der Waals surface area contributed by atoms with Gasteiger partial charge >= 0.3 is 0 Å². The zero-order valence-electron chi connectivity index (χ0n) is 20.2. The van der Waals surface area contributed by atoms with Gasteiger partial charge in [0.15, 0.2) is 5.82 Å². The number of benzene rings is 3. The first-order valence-electron chi connectivity index (χ1n) is 12.2. The number of aryl methyl sites for hydroxylation is 2. The van der Waals surface area contributed by atoms with Crippen LogP contribution in [-0.4, -0.2) is 15.7 Å². The van der Waals surface area contributed by atoms with Gasteiger partial charge in [-0.05, 0) is 60.7 Å². The maximum absolute atomic E-state index is 5.36. The highest BCUT2D eigenvalue weighted by molar-refractivity contribution is 7.10. The summed E-state index contributed by atoms with van der Waals surface area (Å²) in [5.74, 6) is 1.86. The topological polar surface area (TPSA) is 36.7 Å². The molecule has 0 saturated heterocycles. The maximum Gasteiger partial charge on any atom is 0.213 e. The number of nitrogens with zero attached hydrogens (tertiary/aromatic N) is 5. The van der Waals surface area contributed by atoms with E-state index in [9.17, 15) is 0 Å². The van der Waals surface area contributed by atoms with Crippen molar-refractivity contribution in [2.24, 2.45) is 4.99 Å². The molecule has 5 nitrogen and oxygen atoms in total. The Labute approximate surface area is 214 Å². The van der Waals surface area contributed by atoms with E-state index in [2.05, 4.69) is 114 Å². The molecule has 4 heterocycles. The van der Waals surface area contributed by atoms with Gasteiger partial charge in [0.2, 0.25) is 5.96 Å². The summed E-state index contributed by atoms with van der Waals surface area (Å²) in [4.78, 5) is 11.5. The van der Waals surface area contributed by atoms with Crippen molar-refractivity contribution >= 4 is 34.5 Å². The molecule has 5 aromatic rings. The Kier molecular flexibility index (Phi) is 4.82. The highest BCUT2D eigenvalue weighted by Crippen LogP contribution is 2.52. The molecule has 2 aliphatic rings. The van der Waals surface area contributed by atoms with Gasteiger partial charge in [0.1, 0.15) is 6.04 Å². The first kappa shape index (κ1) is 21.1. The quantitative estimate of drug-likeness (QED) is 0.270. The molecule has 2 aliphatic heterocycles. The van der Waals surface area contributed by atoms with E-state index in [1.165, 1.54) is 32.9 Å². The van der Waals surface area contributed by atoms with Gasteiger partial charge in [0.25, 0.3) is 0 Å². The molecule has 0 saturated carbocycles.